The number of aryl methyl sites for hydroxylation is 4. The minimum atomic E-state index is -4.83. The molecule has 4 N–H and O–H groups in total. The van der Waals surface area contributed by atoms with E-state index < -0.39 is 12.7 Å². The van der Waals surface area contributed by atoms with E-state index in [4.69, 9.17) is 0 Å². The van der Waals surface area contributed by atoms with Gasteiger partial charge in [0.2, 0.25) is 0 Å². The molecule has 18 heteroatoms. The number of hydrogen-bond donors (Lipinski definition) is 4. The summed E-state index contributed by atoms with van der Waals surface area (Å²) in [6.07, 6.45) is 6.03. The molecule has 2 amide bonds. The zero-order valence-electron chi connectivity index (χ0n) is 37.2. The number of carbonyl (C=O) groups is 2. The van der Waals surface area contributed by atoms with Crippen LogP contribution in [0.5, 0.6) is 11.5 Å². The lowest BCUT2D eigenvalue weighted by Crippen LogP contribution is -2.31. The van der Waals surface area contributed by atoms with Crippen LogP contribution >= 0.6 is 0 Å². The maximum atomic E-state index is 13.0. The highest BCUT2D eigenvalue weighted by Gasteiger charge is 2.34. The van der Waals surface area contributed by atoms with Crippen LogP contribution in [0.2, 0.25) is 0 Å². The van der Waals surface area contributed by atoms with Crippen molar-refractivity contribution in [2.24, 2.45) is 25.9 Å². The van der Waals surface area contributed by atoms with Gasteiger partial charge in [0.15, 0.2) is 0 Å². The molecule has 0 aliphatic heterocycles. The van der Waals surface area contributed by atoms with Crippen molar-refractivity contribution in [3.63, 3.8) is 0 Å². The van der Waals surface area contributed by atoms with Gasteiger partial charge in [0.05, 0.1) is 22.5 Å². The summed E-state index contributed by atoms with van der Waals surface area (Å²) in [5.74, 6) is 2.59. The number of carbonyl (C=O) groups excluding carboxylic acids is 2. The van der Waals surface area contributed by atoms with Crippen LogP contribution in [0.1, 0.15) is 107 Å². The van der Waals surface area contributed by atoms with Gasteiger partial charge < -0.3 is 39.2 Å². The van der Waals surface area contributed by atoms with Crippen LogP contribution in [-0.2, 0) is 14.1 Å². The Labute approximate surface area is 378 Å². The SMILES string of the molecule is Cc1cc(C(=O)NCC2CCC(c3nccn3C)CC2)c(-c2cccc(OC(F)(F)F)c2)[nH]1.Cc1cc(C(=O)NCC2CCC(c3nccn3C)CC2)c(-c2ccccc2OC(F)(F)F)[nH]1. The number of nitrogens with one attached hydrogen (secondary N) is 4. The van der Waals surface area contributed by atoms with Crippen LogP contribution < -0.4 is 20.1 Å². The number of benzene rings is 2. The highest BCUT2D eigenvalue weighted by Crippen LogP contribution is 2.38. The van der Waals surface area contributed by atoms with E-state index in [0.29, 0.717) is 70.5 Å². The van der Waals surface area contributed by atoms with Crippen molar-refractivity contribution in [2.45, 2.75) is 89.8 Å². The first-order valence-corrected chi connectivity index (χ1v) is 22.0. The van der Waals surface area contributed by atoms with Gasteiger partial charge in [-0.1, -0.05) is 24.3 Å². The third-order valence-electron chi connectivity index (χ3n) is 12.4. The van der Waals surface area contributed by atoms with Gasteiger partial charge >= 0.3 is 12.7 Å². The Bertz CT molecular complexity index is 2570. The summed E-state index contributed by atoms with van der Waals surface area (Å²) < 4.78 is 88.6. The topological polar surface area (TPSA) is 144 Å². The molecule has 2 aliphatic carbocycles. The summed E-state index contributed by atoms with van der Waals surface area (Å²) in [6.45, 7) is 4.64. The van der Waals surface area contributed by atoms with Gasteiger partial charge in [0.25, 0.3) is 11.8 Å². The Morgan fingerprint density at radius 3 is 1.62 bits per heavy atom. The lowest BCUT2D eigenvalue weighted by molar-refractivity contribution is -0.275. The Kier molecular flexibility index (Phi) is 14.7. The summed E-state index contributed by atoms with van der Waals surface area (Å²) in [4.78, 5) is 41.0. The minimum Gasteiger partial charge on any atom is -0.406 e. The van der Waals surface area contributed by atoms with Crippen molar-refractivity contribution in [1.82, 2.24) is 39.7 Å². The number of para-hydroxylation sites is 1. The molecule has 0 saturated heterocycles. The van der Waals surface area contributed by atoms with E-state index in [2.05, 4.69) is 49.2 Å². The van der Waals surface area contributed by atoms with E-state index in [1.807, 2.05) is 38.9 Å². The van der Waals surface area contributed by atoms with Crippen molar-refractivity contribution in [3.05, 3.63) is 120 Å². The molecule has 4 heterocycles. The van der Waals surface area contributed by atoms with Crippen LogP contribution in [0.15, 0.2) is 85.5 Å². The van der Waals surface area contributed by atoms with Gasteiger partial charge in [0.1, 0.15) is 23.1 Å². The molecule has 66 heavy (non-hydrogen) atoms. The summed E-state index contributed by atoms with van der Waals surface area (Å²) in [7, 11) is 4.01. The molecule has 6 aromatic rings. The molecular weight excluding hydrogens is 867 g/mol. The lowest BCUT2D eigenvalue weighted by Gasteiger charge is -2.28. The summed E-state index contributed by atoms with van der Waals surface area (Å²) in [5, 5.41) is 5.99. The van der Waals surface area contributed by atoms with E-state index in [9.17, 15) is 35.9 Å². The van der Waals surface area contributed by atoms with Crippen molar-refractivity contribution >= 4 is 11.8 Å². The molecule has 352 valence electrons. The Morgan fingerprint density at radius 1 is 0.652 bits per heavy atom. The van der Waals surface area contributed by atoms with Crippen molar-refractivity contribution in [3.8, 4) is 34.0 Å². The number of aromatic nitrogens is 6. The molecule has 2 aromatic carbocycles. The van der Waals surface area contributed by atoms with Crippen LogP contribution in [0.25, 0.3) is 22.5 Å². The van der Waals surface area contributed by atoms with Gasteiger partial charge in [-0.2, -0.15) is 0 Å². The number of imidazole rings is 2. The second-order valence-corrected chi connectivity index (χ2v) is 17.2. The smallest absolute Gasteiger partial charge is 0.406 e. The van der Waals surface area contributed by atoms with Crippen molar-refractivity contribution in [2.75, 3.05) is 13.1 Å². The Morgan fingerprint density at radius 2 is 1.14 bits per heavy atom. The normalized spacial score (nSPS) is 18.8. The number of H-pyrrole nitrogens is 2. The third kappa shape index (κ3) is 12.2. The van der Waals surface area contributed by atoms with E-state index in [1.165, 1.54) is 36.4 Å². The van der Waals surface area contributed by atoms with E-state index in [1.54, 1.807) is 38.1 Å². The largest absolute Gasteiger partial charge is 0.573 e. The molecule has 0 spiro atoms. The first-order chi connectivity index (χ1) is 31.4. The standard InChI is InChI=1S/2C24H27F3N4O2/c1-15-12-20(21(30-15)18-4-3-5-19(13-18)33-24(25,26)27)23(32)29-14-16-6-8-17(9-7-16)22-28-10-11-31(22)2;1-15-13-19(21(30-15)18-5-3-4-6-20(18)33-24(25,26)27)23(32)29-14-16-7-9-17(10-8-16)22-28-11-12-31(22)2/h3-5,10-13,16-17,30H,6-9,14H2,1-2H3,(H,29,32);3-6,11-13,16-17,30H,7-10,14H2,1-2H3,(H,29,32). The second kappa shape index (κ2) is 20.4. The van der Waals surface area contributed by atoms with Gasteiger partial charge in [-0.15, -0.1) is 26.3 Å². The highest BCUT2D eigenvalue weighted by atomic mass is 19.4. The molecule has 12 nitrogen and oxygen atoms in total. The molecule has 8 rings (SSSR count). The number of ether oxygens (including phenoxy) is 2. The summed E-state index contributed by atoms with van der Waals surface area (Å²) in [5.41, 5.74) is 3.53. The molecule has 4 aromatic heterocycles. The Hall–Kier alpha value is -6.46. The average molecular weight is 921 g/mol. The first kappa shape index (κ1) is 47.5. The maximum absolute atomic E-state index is 13.0. The highest BCUT2D eigenvalue weighted by molar-refractivity contribution is 6.01. The zero-order chi connectivity index (χ0) is 47.2. The van der Waals surface area contributed by atoms with Crippen molar-refractivity contribution in [1.29, 1.82) is 0 Å². The number of alkyl halides is 6. The van der Waals surface area contributed by atoms with Gasteiger partial charge in [-0.25, -0.2) is 9.97 Å². The first-order valence-electron chi connectivity index (χ1n) is 22.0. The molecule has 0 atom stereocenters. The number of hydrogen-bond acceptors (Lipinski definition) is 6. The van der Waals surface area contributed by atoms with Gasteiger partial charge in [-0.3, -0.25) is 9.59 Å². The maximum Gasteiger partial charge on any atom is 0.573 e. The third-order valence-corrected chi connectivity index (χ3v) is 12.4. The fraction of sp³-hybridized carbons (Fsp3) is 0.417. The predicted octanol–water partition coefficient (Wildman–Crippen LogP) is 10.7. The fourth-order valence-corrected chi connectivity index (χ4v) is 9.17. The van der Waals surface area contributed by atoms with Gasteiger partial charge in [-0.05, 0) is 113 Å². The average Bonchev–Trinajstić information content (AvgIpc) is 4.09. The zero-order valence-corrected chi connectivity index (χ0v) is 37.2. The van der Waals surface area contributed by atoms with Crippen LogP contribution in [-0.4, -0.2) is 66.7 Å². The number of rotatable bonds is 12. The fourth-order valence-electron chi connectivity index (χ4n) is 9.17. The number of amides is 2. The molecule has 0 radical (unpaired) electrons. The van der Waals surface area contributed by atoms with Crippen molar-refractivity contribution < 1.29 is 45.4 Å². The summed E-state index contributed by atoms with van der Waals surface area (Å²) >= 11 is 0. The quantitative estimate of drug-likeness (QED) is 0.0900. The number of nitrogens with zero attached hydrogens (tertiary/aromatic N) is 4. The predicted molar refractivity (Wildman–Crippen MR) is 236 cm³/mol. The van der Waals surface area contributed by atoms with E-state index >= 15 is 0 Å². The molecule has 2 saturated carbocycles. The monoisotopic (exact) mass is 920 g/mol. The molecule has 0 bridgehead atoms. The number of halogens is 6. The molecular formula is C48H54F6N8O4. The second-order valence-electron chi connectivity index (χ2n) is 17.2. The molecule has 2 aliphatic rings. The van der Waals surface area contributed by atoms with Crippen LogP contribution in [0, 0.1) is 25.7 Å². The number of aromatic amines is 2. The lowest BCUT2D eigenvalue weighted by atomic mass is 9.81. The van der Waals surface area contributed by atoms with Crippen LogP contribution in [0.3, 0.4) is 0 Å². The Balaban J connectivity index is 0.000000196. The van der Waals surface area contributed by atoms with Gasteiger partial charge in [0, 0.05) is 86.3 Å². The minimum absolute atomic E-state index is 0.184. The van der Waals surface area contributed by atoms with E-state index in [0.717, 1.165) is 68.7 Å². The molecule has 2 fully saturated rings. The van der Waals surface area contributed by atoms with E-state index in [-0.39, 0.29) is 28.9 Å². The van der Waals surface area contributed by atoms with Crippen LogP contribution in [0.4, 0.5) is 26.3 Å². The summed E-state index contributed by atoms with van der Waals surface area (Å²) in [6, 6.07) is 14.8. The molecule has 0 unspecified atom stereocenters.